The van der Waals surface area contributed by atoms with Gasteiger partial charge in [-0.25, -0.2) is 4.79 Å². The maximum atomic E-state index is 10.8. The fraction of sp³-hybridized carbons (Fsp3) is 0.300. The van der Waals surface area contributed by atoms with Crippen LogP contribution in [0.2, 0.25) is 0 Å². The Morgan fingerprint density at radius 1 is 1.65 bits per heavy atom. The number of hydrogen-bond acceptors (Lipinski definition) is 4. The molecule has 0 aliphatic carbocycles. The van der Waals surface area contributed by atoms with E-state index in [0.29, 0.717) is 10.0 Å². The van der Waals surface area contributed by atoms with Crippen molar-refractivity contribution in [3.63, 3.8) is 0 Å². The van der Waals surface area contributed by atoms with Crippen molar-refractivity contribution >= 4 is 27.6 Å². The van der Waals surface area contributed by atoms with Gasteiger partial charge in [0.1, 0.15) is 0 Å². The average molecular weight is 304 g/mol. The number of hydrogen-bond donors (Lipinski definition) is 1. The standard InChI is InChI=1S/C10H10BrNO5/c1-6(10(13)14)17-5-7-2-3-8(11)4-9(7)12(15)16/h2-4,6H,5H2,1H3,(H,13,14)/t6-/m0/s1. The van der Waals surface area contributed by atoms with Crippen LogP contribution in [0.15, 0.2) is 22.7 Å². The Labute approximate surface area is 105 Å². The smallest absolute Gasteiger partial charge is 0.332 e. The summed E-state index contributed by atoms with van der Waals surface area (Å²) in [6.45, 7) is 1.25. The van der Waals surface area contributed by atoms with Crippen LogP contribution in [-0.2, 0) is 16.1 Å². The van der Waals surface area contributed by atoms with Crippen LogP contribution < -0.4 is 0 Å². The first-order valence-corrected chi connectivity index (χ1v) is 5.48. The van der Waals surface area contributed by atoms with Gasteiger partial charge in [0.25, 0.3) is 5.69 Å². The van der Waals surface area contributed by atoms with Gasteiger partial charge in [-0.1, -0.05) is 15.9 Å². The molecule has 0 saturated carbocycles. The first-order valence-electron chi connectivity index (χ1n) is 4.69. The van der Waals surface area contributed by atoms with Gasteiger partial charge in [-0.2, -0.15) is 0 Å². The summed E-state index contributed by atoms with van der Waals surface area (Å²) < 4.78 is 5.58. The summed E-state index contributed by atoms with van der Waals surface area (Å²) in [5, 5.41) is 19.4. The number of carboxylic acids is 1. The molecule has 7 heteroatoms. The molecule has 0 fully saturated rings. The Bertz CT molecular complexity index is 448. The van der Waals surface area contributed by atoms with Crippen LogP contribution in [0.3, 0.4) is 0 Å². The Morgan fingerprint density at radius 3 is 2.82 bits per heavy atom. The number of carbonyl (C=O) groups is 1. The quantitative estimate of drug-likeness (QED) is 0.666. The summed E-state index contributed by atoms with van der Waals surface area (Å²) in [5.74, 6) is -1.11. The molecule has 92 valence electrons. The van der Waals surface area contributed by atoms with Crippen molar-refractivity contribution in [2.45, 2.75) is 19.6 Å². The van der Waals surface area contributed by atoms with E-state index in [1.807, 2.05) is 0 Å². The SMILES string of the molecule is C[C@H](OCc1ccc(Br)cc1[N+](=O)[O-])C(=O)O. The highest BCUT2D eigenvalue weighted by Crippen LogP contribution is 2.24. The van der Waals surface area contributed by atoms with E-state index in [-0.39, 0.29) is 12.3 Å². The normalized spacial score (nSPS) is 12.1. The van der Waals surface area contributed by atoms with Crippen LogP contribution in [0.5, 0.6) is 0 Å². The fourth-order valence-electron chi connectivity index (χ4n) is 1.12. The molecule has 1 atom stereocenters. The molecule has 6 nitrogen and oxygen atoms in total. The summed E-state index contributed by atoms with van der Waals surface area (Å²) in [7, 11) is 0. The van der Waals surface area contributed by atoms with Gasteiger partial charge in [-0.3, -0.25) is 10.1 Å². The predicted octanol–water partition coefficient (Wildman–Crippen LogP) is 2.35. The van der Waals surface area contributed by atoms with Crippen molar-refractivity contribution in [2.75, 3.05) is 0 Å². The Morgan fingerprint density at radius 2 is 2.29 bits per heavy atom. The molecule has 0 radical (unpaired) electrons. The molecule has 0 heterocycles. The molecule has 1 aromatic rings. The number of rotatable bonds is 5. The van der Waals surface area contributed by atoms with Gasteiger partial charge in [-0.05, 0) is 19.1 Å². The summed E-state index contributed by atoms with van der Waals surface area (Å²) in [5.41, 5.74) is 0.239. The maximum absolute atomic E-state index is 10.8. The van der Waals surface area contributed by atoms with E-state index in [0.717, 1.165) is 0 Å². The largest absolute Gasteiger partial charge is 0.479 e. The second-order valence-electron chi connectivity index (χ2n) is 3.32. The fourth-order valence-corrected chi connectivity index (χ4v) is 1.46. The lowest BCUT2D eigenvalue weighted by molar-refractivity contribution is -0.386. The molecule has 0 aromatic heterocycles. The highest BCUT2D eigenvalue weighted by Gasteiger charge is 2.17. The van der Waals surface area contributed by atoms with Crippen LogP contribution in [0.1, 0.15) is 12.5 Å². The summed E-state index contributed by atoms with van der Waals surface area (Å²) in [6.07, 6.45) is -1.00. The zero-order valence-electron chi connectivity index (χ0n) is 8.92. The Hall–Kier alpha value is -1.47. The minimum absolute atomic E-state index is 0.100. The number of nitro benzene ring substituents is 1. The van der Waals surface area contributed by atoms with E-state index in [4.69, 9.17) is 9.84 Å². The molecule has 1 N–H and O–H groups in total. The minimum atomic E-state index is -1.11. The van der Waals surface area contributed by atoms with E-state index >= 15 is 0 Å². The van der Waals surface area contributed by atoms with Crippen LogP contribution in [0, 0.1) is 10.1 Å². The van der Waals surface area contributed by atoms with Crippen molar-refractivity contribution in [1.82, 2.24) is 0 Å². The predicted molar refractivity (Wildman–Crippen MR) is 62.7 cm³/mol. The zero-order chi connectivity index (χ0) is 13.0. The third kappa shape index (κ3) is 3.79. The number of carboxylic acid groups (broad SMARTS) is 1. The van der Waals surface area contributed by atoms with Gasteiger partial charge in [0.2, 0.25) is 0 Å². The van der Waals surface area contributed by atoms with Gasteiger partial charge in [-0.15, -0.1) is 0 Å². The molecule has 0 saturated heterocycles. The Kier molecular flexibility index (Phi) is 4.59. The molecular weight excluding hydrogens is 294 g/mol. The molecule has 0 amide bonds. The summed E-state index contributed by atoms with van der Waals surface area (Å²) >= 11 is 3.13. The third-order valence-electron chi connectivity index (χ3n) is 2.08. The molecule has 0 unspecified atom stereocenters. The Balaban J connectivity index is 2.84. The zero-order valence-corrected chi connectivity index (χ0v) is 10.5. The lowest BCUT2D eigenvalue weighted by atomic mass is 10.2. The highest BCUT2D eigenvalue weighted by atomic mass is 79.9. The molecule has 0 aliphatic rings. The second kappa shape index (κ2) is 5.74. The van der Waals surface area contributed by atoms with Crippen molar-refractivity contribution in [2.24, 2.45) is 0 Å². The van der Waals surface area contributed by atoms with Crippen LogP contribution >= 0.6 is 15.9 Å². The van der Waals surface area contributed by atoms with E-state index in [2.05, 4.69) is 15.9 Å². The minimum Gasteiger partial charge on any atom is -0.479 e. The molecule has 0 aliphatic heterocycles. The van der Waals surface area contributed by atoms with Crippen molar-refractivity contribution < 1.29 is 19.6 Å². The molecule has 17 heavy (non-hydrogen) atoms. The first kappa shape index (κ1) is 13.6. The number of halogens is 1. The summed E-state index contributed by atoms with van der Waals surface area (Å²) in [6, 6.07) is 4.51. The molecule has 0 spiro atoms. The molecule has 1 rings (SSSR count). The number of benzene rings is 1. The third-order valence-corrected chi connectivity index (χ3v) is 2.57. The van der Waals surface area contributed by atoms with E-state index < -0.39 is 17.0 Å². The topological polar surface area (TPSA) is 89.7 Å². The molecule has 1 aromatic carbocycles. The van der Waals surface area contributed by atoms with Gasteiger partial charge in [0.05, 0.1) is 17.1 Å². The van der Waals surface area contributed by atoms with Crippen LogP contribution in [0.25, 0.3) is 0 Å². The van der Waals surface area contributed by atoms with Gasteiger partial charge in [0.15, 0.2) is 6.10 Å². The lowest BCUT2D eigenvalue weighted by Gasteiger charge is -2.08. The first-order chi connectivity index (χ1) is 7.91. The van der Waals surface area contributed by atoms with Crippen molar-refractivity contribution in [3.8, 4) is 0 Å². The summed E-state index contributed by atoms with van der Waals surface area (Å²) in [4.78, 5) is 20.8. The molecule has 0 bridgehead atoms. The van der Waals surface area contributed by atoms with Crippen LogP contribution in [-0.4, -0.2) is 22.1 Å². The van der Waals surface area contributed by atoms with Crippen LogP contribution in [0.4, 0.5) is 5.69 Å². The number of nitrogens with zero attached hydrogens (tertiary/aromatic N) is 1. The number of nitro groups is 1. The van der Waals surface area contributed by atoms with E-state index in [1.165, 1.54) is 19.1 Å². The lowest BCUT2D eigenvalue weighted by Crippen LogP contribution is -2.19. The van der Waals surface area contributed by atoms with Gasteiger partial charge >= 0.3 is 5.97 Å². The van der Waals surface area contributed by atoms with Gasteiger partial charge < -0.3 is 9.84 Å². The van der Waals surface area contributed by atoms with E-state index in [9.17, 15) is 14.9 Å². The highest BCUT2D eigenvalue weighted by molar-refractivity contribution is 9.10. The molecular formula is C10H10BrNO5. The van der Waals surface area contributed by atoms with Crippen molar-refractivity contribution in [3.05, 3.63) is 38.3 Å². The average Bonchev–Trinajstić information content (AvgIpc) is 2.26. The number of aliphatic carboxylic acids is 1. The van der Waals surface area contributed by atoms with Crippen molar-refractivity contribution in [1.29, 1.82) is 0 Å². The second-order valence-corrected chi connectivity index (χ2v) is 4.24. The van der Waals surface area contributed by atoms with E-state index in [1.54, 1.807) is 6.07 Å². The maximum Gasteiger partial charge on any atom is 0.332 e. The number of ether oxygens (including phenoxy) is 1. The van der Waals surface area contributed by atoms with Gasteiger partial charge in [0, 0.05) is 10.5 Å². The monoisotopic (exact) mass is 303 g/mol.